The molecule has 0 atom stereocenters. The minimum absolute atomic E-state index is 0.285. The Morgan fingerprint density at radius 3 is 2.62 bits per heavy atom. The molecule has 1 heterocycles. The maximum Gasteiger partial charge on any atom is 0.355 e. The fourth-order valence-electron chi connectivity index (χ4n) is 2.90. The van der Waals surface area contributed by atoms with Gasteiger partial charge in [-0.15, -0.1) is 11.3 Å². The van der Waals surface area contributed by atoms with Crippen LogP contribution in [0.2, 0.25) is 15.1 Å². The van der Waals surface area contributed by atoms with Crippen LogP contribution in [0.1, 0.15) is 15.2 Å². The van der Waals surface area contributed by atoms with Crippen LogP contribution in [-0.4, -0.2) is 24.7 Å². The first-order valence-electron chi connectivity index (χ1n) is 9.80. The van der Waals surface area contributed by atoms with Gasteiger partial charge in [-0.25, -0.2) is 10.2 Å². The third-order valence-electron chi connectivity index (χ3n) is 4.44. The number of fused-ring (bicyclic) bond motifs is 1. The van der Waals surface area contributed by atoms with Gasteiger partial charge in [-0.1, -0.05) is 65.1 Å². The summed E-state index contributed by atoms with van der Waals surface area (Å²) in [6, 6.07) is 18.9. The van der Waals surface area contributed by atoms with E-state index in [0.717, 1.165) is 10.1 Å². The molecule has 172 valence electrons. The quantitative estimate of drug-likeness (QED) is 0.125. The summed E-state index contributed by atoms with van der Waals surface area (Å²) < 4.78 is 11.7. The minimum atomic E-state index is -0.549. The number of carbonyl (C=O) groups is 2. The Labute approximate surface area is 213 Å². The molecule has 0 radical (unpaired) electrons. The maximum atomic E-state index is 12.6. The maximum absolute atomic E-state index is 12.6. The molecule has 1 amide bonds. The molecule has 0 spiro atoms. The molecule has 34 heavy (non-hydrogen) atoms. The van der Waals surface area contributed by atoms with Crippen molar-refractivity contribution in [2.24, 2.45) is 5.10 Å². The lowest BCUT2D eigenvalue weighted by atomic mass is 10.2. The van der Waals surface area contributed by atoms with Gasteiger partial charge in [-0.05, 0) is 42.0 Å². The van der Waals surface area contributed by atoms with E-state index in [1.165, 1.54) is 23.6 Å². The average molecular weight is 534 g/mol. The second-order valence-electron chi connectivity index (χ2n) is 6.86. The molecule has 0 fully saturated rings. The Balaban J connectivity index is 1.34. The number of nitrogens with one attached hydrogen (secondary N) is 1. The van der Waals surface area contributed by atoms with E-state index in [9.17, 15) is 9.59 Å². The van der Waals surface area contributed by atoms with Crippen LogP contribution in [0.15, 0.2) is 71.8 Å². The second-order valence-corrected chi connectivity index (χ2v) is 9.13. The number of hydrazone groups is 1. The first-order valence-corrected chi connectivity index (χ1v) is 11.7. The zero-order chi connectivity index (χ0) is 24.1. The highest BCUT2D eigenvalue weighted by Gasteiger charge is 2.19. The molecule has 3 aromatic carbocycles. The Morgan fingerprint density at radius 1 is 1.00 bits per heavy atom. The van der Waals surface area contributed by atoms with Crippen molar-refractivity contribution in [1.82, 2.24) is 5.43 Å². The molecule has 0 bridgehead atoms. The summed E-state index contributed by atoms with van der Waals surface area (Å²) in [5.74, 6) is -0.385. The van der Waals surface area contributed by atoms with Crippen molar-refractivity contribution < 1.29 is 19.1 Å². The molecule has 1 aromatic heterocycles. The lowest BCUT2D eigenvalue weighted by molar-refractivity contribution is -0.123. The predicted molar refractivity (Wildman–Crippen MR) is 136 cm³/mol. The van der Waals surface area contributed by atoms with Gasteiger partial charge < -0.3 is 9.47 Å². The lowest BCUT2D eigenvalue weighted by Crippen LogP contribution is -2.24. The van der Waals surface area contributed by atoms with Crippen molar-refractivity contribution in [3.63, 3.8) is 0 Å². The van der Waals surface area contributed by atoms with Crippen LogP contribution < -0.4 is 14.9 Å². The number of ether oxygens (including phenoxy) is 2. The number of halogens is 3. The Kier molecular flexibility index (Phi) is 7.70. The minimum Gasteiger partial charge on any atom is -0.482 e. The van der Waals surface area contributed by atoms with Crippen molar-refractivity contribution in [2.45, 2.75) is 0 Å². The number of amides is 1. The monoisotopic (exact) mass is 532 g/mol. The number of nitrogens with zero attached hydrogens (tertiary/aromatic N) is 1. The van der Waals surface area contributed by atoms with E-state index in [-0.39, 0.29) is 6.61 Å². The van der Waals surface area contributed by atoms with Gasteiger partial charge >= 0.3 is 5.97 Å². The molecule has 0 aliphatic heterocycles. The van der Waals surface area contributed by atoms with E-state index < -0.39 is 11.9 Å². The van der Waals surface area contributed by atoms with Gasteiger partial charge in [0.2, 0.25) is 0 Å². The van der Waals surface area contributed by atoms with Gasteiger partial charge in [0.05, 0.1) is 16.3 Å². The highest BCUT2D eigenvalue weighted by molar-refractivity contribution is 7.21. The largest absolute Gasteiger partial charge is 0.482 e. The van der Waals surface area contributed by atoms with E-state index in [1.807, 2.05) is 24.3 Å². The van der Waals surface area contributed by atoms with Crippen LogP contribution in [-0.2, 0) is 4.79 Å². The Morgan fingerprint density at radius 2 is 1.82 bits per heavy atom. The summed E-state index contributed by atoms with van der Waals surface area (Å²) in [4.78, 5) is 24.9. The fourth-order valence-corrected chi connectivity index (χ4v) is 4.75. The number of thiophene rings is 1. The van der Waals surface area contributed by atoms with E-state index in [0.29, 0.717) is 37.0 Å². The molecule has 0 saturated heterocycles. The summed E-state index contributed by atoms with van der Waals surface area (Å²) >= 11 is 19.5. The van der Waals surface area contributed by atoms with Gasteiger partial charge in [0.25, 0.3) is 5.91 Å². The zero-order valence-corrected chi connectivity index (χ0v) is 20.3. The molecule has 0 aliphatic rings. The smallest absolute Gasteiger partial charge is 0.355 e. The first-order chi connectivity index (χ1) is 16.4. The predicted octanol–water partition coefficient (Wildman–Crippen LogP) is 6.61. The Bertz CT molecular complexity index is 1400. The van der Waals surface area contributed by atoms with Crippen molar-refractivity contribution in [2.75, 3.05) is 6.61 Å². The number of hydrogen-bond acceptors (Lipinski definition) is 6. The summed E-state index contributed by atoms with van der Waals surface area (Å²) in [5, 5.41) is 5.83. The zero-order valence-electron chi connectivity index (χ0n) is 17.3. The van der Waals surface area contributed by atoms with Crippen molar-refractivity contribution in [1.29, 1.82) is 0 Å². The molecule has 10 heteroatoms. The SMILES string of the molecule is O=C(COc1ccc(Cl)cc1Cl)N/N=C\c1cccc(OC(=O)c2sc3ccccc3c2Cl)c1. The Hall–Kier alpha value is -3.10. The number of benzene rings is 3. The molecule has 4 rings (SSSR count). The van der Waals surface area contributed by atoms with E-state index in [1.54, 1.807) is 36.4 Å². The van der Waals surface area contributed by atoms with Crippen LogP contribution in [0.4, 0.5) is 0 Å². The summed E-state index contributed by atoms with van der Waals surface area (Å²) in [5.41, 5.74) is 2.96. The fraction of sp³-hybridized carbons (Fsp3) is 0.0417. The summed E-state index contributed by atoms with van der Waals surface area (Å²) in [7, 11) is 0. The number of rotatable bonds is 7. The van der Waals surface area contributed by atoms with Crippen LogP contribution in [0.25, 0.3) is 10.1 Å². The van der Waals surface area contributed by atoms with Crippen molar-refractivity contribution in [3.05, 3.63) is 92.2 Å². The van der Waals surface area contributed by atoms with Crippen molar-refractivity contribution >= 4 is 74.3 Å². The van der Waals surface area contributed by atoms with E-state index in [2.05, 4.69) is 10.5 Å². The molecule has 1 N–H and O–H groups in total. The molecular weight excluding hydrogens is 519 g/mol. The van der Waals surface area contributed by atoms with E-state index >= 15 is 0 Å². The normalized spacial score (nSPS) is 11.0. The van der Waals surface area contributed by atoms with Gasteiger partial charge in [0.1, 0.15) is 16.4 Å². The number of hydrogen-bond donors (Lipinski definition) is 1. The summed E-state index contributed by atoms with van der Waals surface area (Å²) in [6.07, 6.45) is 1.41. The third kappa shape index (κ3) is 5.87. The number of carbonyl (C=O) groups excluding carboxylic acids is 2. The standard InChI is InChI=1S/C24H15Cl3N2O4S/c25-15-8-9-19(18(26)11-15)32-13-21(30)29-28-12-14-4-3-5-16(10-14)33-24(31)23-22(27)17-6-1-2-7-20(17)34-23/h1-12H,13H2,(H,29,30)/b28-12-. The molecule has 0 aliphatic carbocycles. The highest BCUT2D eigenvalue weighted by atomic mass is 35.5. The molecule has 6 nitrogen and oxygen atoms in total. The molecule has 0 unspecified atom stereocenters. The second kappa shape index (κ2) is 10.9. The van der Waals surface area contributed by atoms with Gasteiger partial charge in [-0.2, -0.15) is 5.10 Å². The first kappa shape index (κ1) is 24.0. The van der Waals surface area contributed by atoms with Crippen LogP contribution in [0.5, 0.6) is 11.5 Å². The van der Waals surface area contributed by atoms with Crippen LogP contribution in [0.3, 0.4) is 0 Å². The molecule has 4 aromatic rings. The molecule has 0 saturated carbocycles. The summed E-state index contributed by atoms with van der Waals surface area (Å²) in [6.45, 7) is -0.285. The topological polar surface area (TPSA) is 77.0 Å². The number of esters is 1. The third-order valence-corrected chi connectivity index (χ3v) is 6.63. The van der Waals surface area contributed by atoms with Crippen LogP contribution in [0, 0.1) is 0 Å². The lowest BCUT2D eigenvalue weighted by Gasteiger charge is -2.07. The van der Waals surface area contributed by atoms with Crippen LogP contribution >= 0.6 is 46.1 Å². The highest BCUT2D eigenvalue weighted by Crippen LogP contribution is 2.35. The van der Waals surface area contributed by atoms with Crippen molar-refractivity contribution in [3.8, 4) is 11.5 Å². The molecular formula is C24H15Cl3N2O4S. The van der Waals surface area contributed by atoms with E-state index in [4.69, 9.17) is 44.3 Å². The average Bonchev–Trinajstić information content (AvgIpc) is 3.15. The van der Waals surface area contributed by atoms with Gasteiger partial charge in [0.15, 0.2) is 6.61 Å². The van der Waals surface area contributed by atoms with Gasteiger partial charge in [-0.3, -0.25) is 4.79 Å². The van der Waals surface area contributed by atoms with Gasteiger partial charge in [0, 0.05) is 15.1 Å².